The first-order chi connectivity index (χ1) is 9.43. The summed E-state index contributed by atoms with van der Waals surface area (Å²) in [7, 11) is 2.96. The van der Waals surface area contributed by atoms with E-state index in [0.717, 1.165) is 4.47 Å². The van der Waals surface area contributed by atoms with Gasteiger partial charge in [-0.3, -0.25) is 9.59 Å². The number of amides is 2. The number of anilines is 1. The van der Waals surface area contributed by atoms with Crippen molar-refractivity contribution in [3.05, 3.63) is 22.8 Å². The highest BCUT2D eigenvalue weighted by Crippen LogP contribution is 2.10. The minimum atomic E-state index is -0.774. The van der Waals surface area contributed by atoms with Crippen molar-refractivity contribution in [3.8, 4) is 0 Å². The summed E-state index contributed by atoms with van der Waals surface area (Å²) in [5, 5.41) is 2.59. The maximum atomic E-state index is 11.8. The summed E-state index contributed by atoms with van der Waals surface area (Å²) in [5.41, 5.74) is 5.61. The van der Waals surface area contributed by atoms with E-state index in [2.05, 4.69) is 26.2 Å². The van der Waals surface area contributed by atoms with Gasteiger partial charge in [0.1, 0.15) is 11.9 Å². The lowest BCUT2D eigenvalue weighted by molar-refractivity contribution is -0.135. The Morgan fingerprint density at radius 2 is 2.09 bits per heavy atom. The highest BCUT2D eigenvalue weighted by atomic mass is 79.9. The number of nitrogens with zero attached hydrogens (tertiary/aromatic N) is 2. The van der Waals surface area contributed by atoms with Crippen LogP contribution in [0.4, 0.5) is 5.82 Å². The molecule has 0 saturated carbocycles. The first-order valence-corrected chi connectivity index (χ1v) is 6.64. The van der Waals surface area contributed by atoms with Gasteiger partial charge in [-0.2, -0.15) is 0 Å². The van der Waals surface area contributed by atoms with Gasteiger partial charge in [0, 0.05) is 24.8 Å². The van der Waals surface area contributed by atoms with E-state index in [0.29, 0.717) is 5.82 Å². The fourth-order valence-corrected chi connectivity index (χ4v) is 1.69. The van der Waals surface area contributed by atoms with Gasteiger partial charge >= 0.3 is 0 Å². The minimum Gasteiger partial charge on any atom is -0.383 e. The summed E-state index contributed by atoms with van der Waals surface area (Å²) in [6.07, 6.45) is 1.57. The molecular weight excluding hydrogens is 399 g/mol. The van der Waals surface area contributed by atoms with E-state index in [9.17, 15) is 9.59 Å². The number of halogens is 3. The van der Waals surface area contributed by atoms with E-state index in [1.807, 2.05) is 0 Å². The van der Waals surface area contributed by atoms with Crippen LogP contribution in [0.1, 0.15) is 0 Å². The maximum absolute atomic E-state index is 11.8. The predicted molar refractivity (Wildman–Crippen MR) is 92.6 cm³/mol. The molecule has 0 fully saturated rings. The van der Waals surface area contributed by atoms with Crippen molar-refractivity contribution in [1.82, 2.24) is 9.88 Å². The summed E-state index contributed by atoms with van der Waals surface area (Å²) in [6.45, 7) is 0.00700. The van der Waals surface area contributed by atoms with Crippen LogP contribution in [0.25, 0.3) is 0 Å². The zero-order chi connectivity index (χ0) is 15.1. The Hall–Kier alpha value is -0.930. The largest absolute Gasteiger partial charge is 0.383 e. The van der Waals surface area contributed by atoms with Crippen molar-refractivity contribution in [1.29, 1.82) is 0 Å². The molecule has 22 heavy (non-hydrogen) atoms. The number of carbonyl (C=O) groups excluding carboxylic acids is 2. The predicted octanol–water partition coefficient (Wildman–Crippen LogP) is 1.06. The lowest BCUT2D eigenvalue weighted by Gasteiger charge is -2.20. The molecule has 0 saturated heterocycles. The van der Waals surface area contributed by atoms with Gasteiger partial charge in [-0.05, 0) is 28.1 Å². The molecule has 1 atom stereocenters. The van der Waals surface area contributed by atoms with Crippen molar-refractivity contribution < 1.29 is 14.3 Å². The molecule has 3 N–H and O–H groups in total. The van der Waals surface area contributed by atoms with Crippen LogP contribution in [-0.2, 0) is 14.3 Å². The van der Waals surface area contributed by atoms with Crippen molar-refractivity contribution in [2.45, 2.75) is 6.04 Å². The number of carbonyl (C=O) groups is 2. The van der Waals surface area contributed by atoms with Crippen LogP contribution in [0.3, 0.4) is 0 Å². The molecule has 1 heterocycles. The van der Waals surface area contributed by atoms with Gasteiger partial charge in [0.15, 0.2) is 0 Å². The van der Waals surface area contributed by atoms with Crippen LogP contribution in [0, 0.1) is 0 Å². The van der Waals surface area contributed by atoms with Crippen LogP contribution in [0.15, 0.2) is 22.8 Å². The fourth-order valence-electron chi connectivity index (χ4n) is 1.46. The Bertz CT molecular complexity index is 476. The second-order valence-electron chi connectivity index (χ2n) is 4.17. The Kier molecular flexibility index (Phi) is 12.3. The fraction of sp³-hybridized carbons (Fsp3) is 0.417. The molecule has 0 aliphatic carbocycles. The van der Waals surface area contributed by atoms with Gasteiger partial charge in [0.25, 0.3) is 0 Å². The number of likely N-dealkylation sites (N-methyl/N-ethyl adjacent to an activating group) is 1. The second-order valence-corrected chi connectivity index (χ2v) is 5.08. The zero-order valence-corrected chi connectivity index (χ0v) is 15.3. The Morgan fingerprint density at radius 1 is 1.45 bits per heavy atom. The Labute approximate surface area is 149 Å². The van der Waals surface area contributed by atoms with E-state index in [1.54, 1.807) is 18.3 Å². The van der Waals surface area contributed by atoms with E-state index in [-0.39, 0.29) is 49.8 Å². The number of nitrogens with two attached hydrogens (primary N) is 1. The highest BCUT2D eigenvalue weighted by molar-refractivity contribution is 9.10. The van der Waals surface area contributed by atoms with Crippen LogP contribution < -0.4 is 11.1 Å². The van der Waals surface area contributed by atoms with Crippen LogP contribution in [-0.4, -0.2) is 55.0 Å². The van der Waals surface area contributed by atoms with E-state index in [1.165, 1.54) is 19.1 Å². The first-order valence-electron chi connectivity index (χ1n) is 5.85. The second kappa shape index (κ2) is 11.6. The number of pyridine rings is 1. The highest BCUT2D eigenvalue weighted by Gasteiger charge is 2.19. The molecule has 0 aromatic carbocycles. The third kappa shape index (κ3) is 7.90. The van der Waals surface area contributed by atoms with Gasteiger partial charge in [0.05, 0.1) is 13.2 Å². The van der Waals surface area contributed by atoms with Crippen LogP contribution in [0.2, 0.25) is 0 Å². The number of methoxy groups -OCH3 is 1. The number of nitrogens with one attached hydrogen (secondary N) is 1. The van der Waals surface area contributed by atoms with Gasteiger partial charge in [-0.1, -0.05) is 0 Å². The standard InChI is InChI=1S/C12H17BrN4O3.2ClH/c1-17(12(19)9(14)7-20-2)6-11(18)16-10-4-3-8(13)5-15-10;;/h3-5,9H,6-7,14H2,1-2H3,(H,15,16,18);2*1H. The van der Waals surface area contributed by atoms with Gasteiger partial charge in [-0.15, -0.1) is 24.8 Å². The number of rotatable bonds is 6. The smallest absolute Gasteiger partial charge is 0.245 e. The Balaban J connectivity index is 0. The number of hydrogen-bond acceptors (Lipinski definition) is 5. The summed E-state index contributed by atoms with van der Waals surface area (Å²) in [5.74, 6) is -0.286. The number of hydrogen-bond donors (Lipinski definition) is 2. The monoisotopic (exact) mass is 416 g/mol. The molecule has 1 rings (SSSR count). The van der Waals surface area contributed by atoms with Crippen molar-refractivity contribution in [2.24, 2.45) is 5.73 Å². The molecule has 2 amide bonds. The Morgan fingerprint density at radius 3 is 2.59 bits per heavy atom. The average molecular weight is 418 g/mol. The van der Waals surface area contributed by atoms with E-state index < -0.39 is 6.04 Å². The number of aromatic nitrogens is 1. The third-order valence-corrected chi connectivity index (χ3v) is 2.88. The molecule has 0 aliphatic rings. The quantitative estimate of drug-likeness (QED) is 0.721. The van der Waals surface area contributed by atoms with Gasteiger partial charge < -0.3 is 20.7 Å². The molecule has 0 spiro atoms. The van der Waals surface area contributed by atoms with Crippen LogP contribution in [0.5, 0.6) is 0 Å². The minimum absolute atomic E-state index is 0. The molecule has 10 heteroatoms. The molecule has 1 unspecified atom stereocenters. The SMILES string of the molecule is COCC(N)C(=O)N(C)CC(=O)Nc1ccc(Br)cn1.Cl.Cl. The first kappa shape index (κ1) is 23.3. The zero-order valence-electron chi connectivity index (χ0n) is 12.1. The number of ether oxygens (including phenoxy) is 1. The van der Waals surface area contributed by atoms with Crippen LogP contribution >= 0.6 is 40.7 Å². The van der Waals surface area contributed by atoms with Gasteiger partial charge in [-0.25, -0.2) is 4.98 Å². The normalized spacial score (nSPS) is 10.7. The molecule has 126 valence electrons. The molecule has 0 radical (unpaired) electrons. The average Bonchev–Trinajstić information content (AvgIpc) is 2.40. The summed E-state index contributed by atoms with van der Waals surface area (Å²) >= 11 is 3.25. The lowest BCUT2D eigenvalue weighted by atomic mass is 10.3. The van der Waals surface area contributed by atoms with Gasteiger partial charge in [0.2, 0.25) is 11.8 Å². The topological polar surface area (TPSA) is 97.5 Å². The van der Waals surface area contributed by atoms with E-state index >= 15 is 0 Å². The summed E-state index contributed by atoms with van der Waals surface area (Å²) in [4.78, 5) is 28.8. The molecule has 1 aromatic heterocycles. The van der Waals surface area contributed by atoms with Crippen molar-refractivity contribution >= 4 is 58.4 Å². The molecule has 1 aromatic rings. The lowest BCUT2D eigenvalue weighted by Crippen LogP contribution is -2.46. The molecule has 7 nitrogen and oxygen atoms in total. The van der Waals surface area contributed by atoms with Crippen molar-refractivity contribution in [2.75, 3.05) is 32.6 Å². The third-order valence-electron chi connectivity index (χ3n) is 2.42. The van der Waals surface area contributed by atoms with E-state index in [4.69, 9.17) is 10.5 Å². The molecule has 0 aliphatic heterocycles. The maximum Gasteiger partial charge on any atom is 0.245 e. The van der Waals surface area contributed by atoms with Crippen molar-refractivity contribution in [3.63, 3.8) is 0 Å². The summed E-state index contributed by atoms with van der Waals surface area (Å²) < 4.78 is 5.61. The molecular formula is C12H19BrCl2N4O3. The molecule has 0 bridgehead atoms. The summed E-state index contributed by atoms with van der Waals surface area (Å²) in [6, 6.07) is 2.63.